The van der Waals surface area contributed by atoms with E-state index in [0.717, 1.165) is 0 Å². The number of ether oxygens (including phenoxy) is 2. The van der Waals surface area contributed by atoms with Crippen LogP contribution in [0.3, 0.4) is 0 Å². The second-order valence-electron chi connectivity index (χ2n) is 3.66. The topological polar surface area (TPSA) is 75.5 Å². The van der Waals surface area contributed by atoms with Crippen LogP contribution in [0.2, 0.25) is 0 Å². The van der Waals surface area contributed by atoms with Crippen LogP contribution in [-0.4, -0.2) is 45.7 Å². The molecule has 17 heavy (non-hydrogen) atoms. The average Bonchev–Trinajstić information content (AvgIpc) is 2.91. The Morgan fingerprint density at radius 1 is 1.82 bits per heavy atom. The fraction of sp³-hybridized carbons (Fsp3) is 0.556. The molecule has 0 aliphatic carbocycles. The monoisotopic (exact) mass is 256 g/mol. The van der Waals surface area contributed by atoms with E-state index in [9.17, 15) is 4.79 Å². The van der Waals surface area contributed by atoms with Gasteiger partial charge in [-0.2, -0.15) is 5.10 Å². The van der Waals surface area contributed by atoms with Gasteiger partial charge >= 0.3 is 5.97 Å². The molecule has 8 heteroatoms. The van der Waals surface area contributed by atoms with Crippen molar-refractivity contribution in [2.45, 2.75) is 18.8 Å². The minimum absolute atomic E-state index is 0.329. The summed E-state index contributed by atoms with van der Waals surface area (Å²) in [5, 5.41) is 4.50. The third-order valence-electron chi connectivity index (χ3n) is 2.69. The Bertz CT molecular complexity index is 487. The molecule has 4 aliphatic rings. The third-order valence-corrected chi connectivity index (χ3v) is 4.97. The molecule has 4 rings (SSSR count). The van der Waals surface area contributed by atoms with Crippen LogP contribution in [0.1, 0.15) is 13.8 Å². The van der Waals surface area contributed by atoms with E-state index in [1.807, 2.05) is 4.31 Å². The van der Waals surface area contributed by atoms with Crippen LogP contribution in [0.5, 0.6) is 0 Å². The van der Waals surface area contributed by atoms with E-state index in [0.29, 0.717) is 24.2 Å². The summed E-state index contributed by atoms with van der Waals surface area (Å²) >= 11 is 0. The predicted octanol–water partition coefficient (Wildman–Crippen LogP) is -0.172. The van der Waals surface area contributed by atoms with Gasteiger partial charge in [-0.05, 0) is 13.8 Å². The van der Waals surface area contributed by atoms with Gasteiger partial charge in [-0.3, -0.25) is 14.5 Å². The molecule has 2 unspecified atom stereocenters. The highest BCUT2D eigenvalue weighted by Gasteiger charge is 2.63. The molecule has 0 saturated carbocycles. The second kappa shape index (κ2) is 3.54. The zero-order valence-electron chi connectivity index (χ0n) is 9.47. The predicted molar refractivity (Wildman–Crippen MR) is 64.5 cm³/mol. The maximum Gasteiger partial charge on any atom is 0.357 e. The molecule has 0 spiro atoms. The molecule has 0 aromatic carbocycles. The Balaban J connectivity index is 1.94. The zero-order chi connectivity index (χ0) is 12.0. The molecule has 0 amide bonds. The van der Waals surface area contributed by atoms with Gasteiger partial charge in [0.15, 0.2) is 0 Å². The lowest BCUT2D eigenvalue weighted by atomic mass is 10.2. The van der Waals surface area contributed by atoms with Gasteiger partial charge in [0.2, 0.25) is 5.17 Å². The molecule has 1 N–H and O–H groups in total. The van der Waals surface area contributed by atoms with Crippen molar-refractivity contribution in [1.29, 1.82) is 0 Å². The lowest BCUT2D eigenvalue weighted by Gasteiger charge is -2.38. The molecule has 0 fully saturated rings. The number of esters is 1. The molecule has 2 bridgehead atoms. The summed E-state index contributed by atoms with van der Waals surface area (Å²) in [7, 11) is -0.533. The summed E-state index contributed by atoms with van der Waals surface area (Å²) in [5.41, 5.74) is 3.49. The normalized spacial score (nSPS) is 33.3. The Morgan fingerprint density at radius 3 is 3.24 bits per heavy atom. The van der Waals surface area contributed by atoms with Gasteiger partial charge in [-0.1, -0.05) is 0 Å². The highest BCUT2D eigenvalue weighted by molar-refractivity contribution is 8.18. The standard InChI is InChI=1S/C9H12N4O3S/c1-3-15-7(14)9-6(2)12-8(16-9)17(9)13-4-10-11-5-13/h4,11H,3,5H2,1-2H3. The fourth-order valence-corrected chi connectivity index (χ4v) is 4.02. The molecule has 0 aromatic heterocycles. The summed E-state index contributed by atoms with van der Waals surface area (Å²) in [6, 6.07) is 0. The number of carbonyl (C=O) groups is 1. The summed E-state index contributed by atoms with van der Waals surface area (Å²) in [6.45, 7) is 4.45. The van der Waals surface area contributed by atoms with Crippen LogP contribution < -0.4 is 5.43 Å². The smallest absolute Gasteiger partial charge is 0.357 e. The van der Waals surface area contributed by atoms with E-state index in [4.69, 9.17) is 9.47 Å². The number of nitrogens with one attached hydrogen (secondary N) is 1. The molecule has 0 aromatic rings. The molecule has 0 radical (unpaired) electrons. The minimum atomic E-state index is -1.04. The van der Waals surface area contributed by atoms with Crippen LogP contribution in [-0.2, 0) is 14.3 Å². The van der Waals surface area contributed by atoms with Crippen molar-refractivity contribution in [3.05, 3.63) is 0 Å². The van der Waals surface area contributed by atoms with Crippen molar-refractivity contribution in [2.75, 3.05) is 13.3 Å². The molecule has 4 aliphatic heterocycles. The highest BCUT2D eigenvalue weighted by atomic mass is 32.2. The van der Waals surface area contributed by atoms with Crippen LogP contribution in [0.15, 0.2) is 10.1 Å². The largest absolute Gasteiger partial charge is 0.463 e. The lowest BCUT2D eigenvalue weighted by molar-refractivity contribution is -0.151. The number of carbonyl (C=O) groups excluding carboxylic acids is 1. The Labute approximate surface area is 101 Å². The number of hydrogen-bond donors (Lipinski definition) is 1. The van der Waals surface area contributed by atoms with Gasteiger partial charge in [0, 0.05) is 10.7 Å². The fourth-order valence-electron chi connectivity index (χ4n) is 1.91. The first-order chi connectivity index (χ1) is 8.20. The second-order valence-corrected chi connectivity index (χ2v) is 5.63. The van der Waals surface area contributed by atoms with Gasteiger partial charge < -0.3 is 4.74 Å². The third kappa shape index (κ3) is 1.22. The van der Waals surface area contributed by atoms with Gasteiger partial charge in [0.1, 0.15) is 13.0 Å². The Hall–Kier alpha value is -1.41. The molecule has 4 heterocycles. The molecule has 2 atom stereocenters. The first kappa shape index (κ1) is 10.7. The van der Waals surface area contributed by atoms with E-state index >= 15 is 0 Å². The average molecular weight is 256 g/mol. The van der Waals surface area contributed by atoms with E-state index < -0.39 is 15.6 Å². The van der Waals surface area contributed by atoms with Crippen LogP contribution >= 0.6 is 10.7 Å². The number of nitrogens with zero attached hydrogens (tertiary/aromatic N) is 3. The molecular formula is C9H12N4O3S. The van der Waals surface area contributed by atoms with E-state index in [1.54, 1.807) is 20.2 Å². The van der Waals surface area contributed by atoms with Crippen LogP contribution in [0.25, 0.3) is 0 Å². The van der Waals surface area contributed by atoms with E-state index in [2.05, 4.69) is 15.5 Å². The van der Waals surface area contributed by atoms with Crippen molar-refractivity contribution in [1.82, 2.24) is 9.73 Å². The van der Waals surface area contributed by atoms with E-state index in [-0.39, 0.29) is 5.97 Å². The van der Waals surface area contributed by atoms with Crippen molar-refractivity contribution in [3.63, 3.8) is 0 Å². The highest BCUT2D eigenvalue weighted by Crippen LogP contribution is 2.53. The Morgan fingerprint density at radius 2 is 2.65 bits per heavy atom. The summed E-state index contributed by atoms with van der Waals surface area (Å²) in [6.07, 6.45) is 1.66. The number of hydrazone groups is 1. The van der Waals surface area contributed by atoms with E-state index in [1.165, 1.54) is 0 Å². The van der Waals surface area contributed by atoms with Crippen molar-refractivity contribution < 1.29 is 14.3 Å². The van der Waals surface area contributed by atoms with Crippen molar-refractivity contribution in [2.24, 2.45) is 10.1 Å². The molecule has 7 nitrogen and oxygen atoms in total. The molecule has 92 valence electrons. The maximum absolute atomic E-state index is 12.1. The lowest BCUT2D eigenvalue weighted by Crippen LogP contribution is -2.53. The molecular weight excluding hydrogens is 244 g/mol. The van der Waals surface area contributed by atoms with Crippen LogP contribution in [0, 0.1) is 0 Å². The van der Waals surface area contributed by atoms with Gasteiger partial charge in [0.25, 0.3) is 4.93 Å². The number of rotatable bonds is 3. The first-order valence-corrected chi connectivity index (χ1v) is 6.44. The van der Waals surface area contributed by atoms with Gasteiger partial charge in [-0.25, -0.2) is 9.79 Å². The summed E-state index contributed by atoms with van der Waals surface area (Å²) in [4.78, 5) is 15.3. The number of aliphatic imine (C=N–C) groups is 1. The first-order valence-electron chi connectivity index (χ1n) is 5.26. The van der Waals surface area contributed by atoms with Crippen molar-refractivity contribution in [3.8, 4) is 0 Å². The summed E-state index contributed by atoms with van der Waals surface area (Å²) < 4.78 is 12.5. The molecule has 0 saturated heterocycles. The summed E-state index contributed by atoms with van der Waals surface area (Å²) in [5.74, 6) is -0.369. The van der Waals surface area contributed by atoms with Crippen molar-refractivity contribution >= 4 is 33.9 Å². The zero-order valence-corrected chi connectivity index (χ0v) is 10.3. The Kier molecular flexibility index (Phi) is 2.23. The minimum Gasteiger partial charge on any atom is -0.463 e. The van der Waals surface area contributed by atoms with Gasteiger partial charge in [-0.15, -0.1) is 0 Å². The SMILES string of the molecule is CCOC(=O)C12OC(=S1N1C=NNC1)N=C2C. The number of hydrogen-bond acceptors (Lipinski definition) is 7. The van der Waals surface area contributed by atoms with Crippen LogP contribution in [0.4, 0.5) is 0 Å². The quantitative estimate of drug-likeness (QED) is 0.560. The maximum atomic E-state index is 12.1. The van der Waals surface area contributed by atoms with Gasteiger partial charge in [0.05, 0.1) is 12.3 Å².